The SMILES string of the molecule is C[C@@H]1CC[C@@H]2[C@@H](C1)O[C@@H]([C@@H](C)OCc1ccccc1)SC2(C)C. The number of benzene rings is 1. The number of fused-ring (bicyclic) bond motifs is 1. The van der Waals surface area contributed by atoms with Crippen LogP contribution in [0.2, 0.25) is 0 Å². The largest absolute Gasteiger partial charge is 0.370 e. The normalized spacial score (nSPS) is 34.6. The lowest BCUT2D eigenvalue weighted by molar-refractivity contribution is -0.107. The fourth-order valence-electron chi connectivity index (χ4n) is 3.95. The monoisotopic (exact) mass is 334 g/mol. The first kappa shape index (κ1) is 17.3. The van der Waals surface area contributed by atoms with Crippen molar-refractivity contribution in [3.63, 3.8) is 0 Å². The van der Waals surface area contributed by atoms with Gasteiger partial charge in [0.1, 0.15) is 5.44 Å². The van der Waals surface area contributed by atoms with Crippen LogP contribution in [0.4, 0.5) is 0 Å². The van der Waals surface area contributed by atoms with Crippen molar-refractivity contribution in [3.8, 4) is 0 Å². The van der Waals surface area contributed by atoms with Crippen molar-refractivity contribution < 1.29 is 9.47 Å². The van der Waals surface area contributed by atoms with Gasteiger partial charge in [-0.15, -0.1) is 11.8 Å². The van der Waals surface area contributed by atoms with Crippen molar-refractivity contribution in [2.75, 3.05) is 0 Å². The van der Waals surface area contributed by atoms with Crippen LogP contribution in [0.5, 0.6) is 0 Å². The van der Waals surface area contributed by atoms with Gasteiger partial charge < -0.3 is 9.47 Å². The van der Waals surface area contributed by atoms with Crippen molar-refractivity contribution in [2.45, 2.75) is 76.0 Å². The molecule has 5 atom stereocenters. The summed E-state index contributed by atoms with van der Waals surface area (Å²) >= 11 is 1.97. The average molecular weight is 335 g/mol. The van der Waals surface area contributed by atoms with Crippen LogP contribution in [0.3, 0.4) is 0 Å². The summed E-state index contributed by atoms with van der Waals surface area (Å²) < 4.78 is 12.9. The Balaban J connectivity index is 1.61. The van der Waals surface area contributed by atoms with Crippen molar-refractivity contribution in [3.05, 3.63) is 35.9 Å². The molecule has 0 unspecified atom stereocenters. The zero-order valence-electron chi connectivity index (χ0n) is 14.8. The molecule has 1 aromatic carbocycles. The predicted octanol–water partition coefficient (Wildman–Crippen LogP) is 5.26. The zero-order chi connectivity index (χ0) is 16.4. The third kappa shape index (κ3) is 4.12. The Bertz CT molecular complexity index is 502. The smallest absolute Gasteiger partial charge is 0.130 e. The first-order chi connectivity index (χ1) is 11.0. The predicted molar refractivity (Wildman–Crippen MR) is 97.5 cm³/mol. The van der Waals surface area contributed by atoms with Gasteiger partial charge in [-0.1, -0.05) is 57.5 Å². The van der Waals surface area contributed by atoms with E-state index in [2.05, 4.69) is 52.0 Å². The maximum atomic E-state index is 6.48. The Morgan fingerprint density at radius 1 is 1.26 bits per heavy atom. The summed E-state index contributed by atoms with van der Waals surface area (Å²) in [5.74, 6) is 1.47. The molecular formula is C20H30O2S. The molecule has 2 nitrogen and oxygen atoms in total. The number of hydrogen-bond donors (Lipinski definition) is 0. The number of rotatable bonds is 4. The van der Waals surface area contributed by atoms with Crippen LogP contribution >= 0.6 is 11.8 Å². The Hall–Kier alpha value is -0.510. The molecule has 3 rings (SSSR count). The zero-order valence-corrected chi connectivity index (χ0v) is 15.6. The highest BCUT2D eigenvalue weighted by atomic mass is 32.2. The summed E-state index contributed by atoms with van der Waals surface area (Å²) in [6, 6.07) is 10.4. The van der Waals surface area contributed by atoms with Crippen molar-refractivity contribution in [1.29, 1.82) is 0 Å². The van der Waals surface area contributed by atoms with E-state index in [1.165, 1.54) is 24.8 Å². The van der Waals surface area contributed by atoms with Crippen LogP contribution in [-0.2, 0) is 16.1 Å². The molecule has 1 heterocycles. The van der Waals surface area contributed by atoms with E-state index in [4.69, 9.17) is 9.47 Å². The summed E-state index contributed by atoms with van der Waals surface area (Å²) in [6.07, 6.45) is 4.37. The maximum absolute atomic E-state index is 6.48. The van der Waals surface area contributed by atoms with E-state index in [9.17, 15) is 0 Å². The van der Waals surface area contributed by atoms with Crippen LogP contribution in [-0.4, -0.2) is 22.4 Å². The molecule has 23 heavy (non-hydrogen) atoms. The molecule has 0 radical (unpaired) electrons. The Kier molecular flexibility index (Phi) is 5.39. The molecule has 128 valence electrons. The van der Waals surface area contributed by atoms with Gasteiger partial charge >= 0.3 is 0 Å². The lowest BCUT2D eigenvalue weighted by atomic mass is 9.75. The van der Waals surface area contributed by atoms with Crippen LogP contribution < -0.4 is 0 Å². The minimum Gasteiger partial charge on any atom is -0.370 e. The molecule has 0 bridgehead atoms. The second-order valence-electron chi connectivity index (χ2n) is 7.79. The van der Waals surface area contributed by atoms with E-state index in [0.29, 0.717) is 18.6 Å². The van der Waals surface area contributed by atoms with E-state index in [1.54, 1.807) is 0 Å². The molecule has 0 spiro atoms. The molecular weight excluding hydrogens is 304 g/mol. The Morgan fingerprint density at radius 3 is 2.74 bits per heavy atom. The first-order valence-corrected chi connectivity index (χ1v) is 9.82. The van der Waals surface area contributed by atoms with Gasteiger partial charge in [0.2, 0.25) is 0 Å². The molecule has 1 saturated carbocycles. The summed E-state index contributed by atoms with van der Waals surface area (Å²) in [4.78, 5) is 0. The number of ether oxygens (including phenoxy) is 2. The maximum Gasteiger partial charge on any atom is 0.130 e. The lowest BCUT2D eigenvalue weighted by Gasteiger charge is -2.51. The van der Waals surface area contributed by atoms with Gasteiger partial charge in [0.15, 0.2) is 0 Å². The minimum atomic E-state index is 0.109. The van der Waals surface area contributed by atoms with E-state index >= 15 is 0 Å². The molecule has 1 aliphatic carbocycles. The van der Waals surface area contributed by atoms with E-state index in [1.807, 2.05) is 17.8 Å². The molecule has 3 heteroatoms. The highest BCUT2D eigenvalue weighted by Gasteiger charge is 2.47. The molecule has 2 fully saturated rings. The van der Waals surface area contributed by atoms with Gasteiger partial charge in [-0.2, -0.15) is 0 Å². The topological polar surface area (TPSA) is 18.5 Å². The Labute approximate surface area is 145 Å². The standard InChI is InChI=1S/C20H30O2S/c1-14-10-11-17-18(12-14)22-19(23-20(17,3)4)15(2)21-13-16-8-6-5-7-9-16/h5-9,14-15,17-19H,10-13H2,1-4H3/t14-,15-,17-,18-,19-/m1/s1. The van der Waals surface area contributed by atoms with Gasteiger partial charge in [-0.3, -0.25) is 0 Å². The lowest BCUT2D eigenvalue weighted by Crippen LogP contribution is -2.51. The fourth-order valence-corrected chi connectivity index (χ4v) is 5.46. The van der Waals surface area contributed by atoms with E-state index in [0.717, 1.165) is 5.92 Å². The van der Waals surface area contributed by atoms with Gasteiger partial charge in [0, 0.05) is 4.75 Å². The highest BCUT2D eigenvalue weighted by Crippen LogP contribution is 2.51. The number of thioether (sulfide) groups is 1. The summed E-state index contributed by atoms with van der Waals surface area (Å²) in [5.41, 5.74) is 1.36. The Morgan fingerprint density at radius 2 is 2.00 bits per heavy atom. The minimum absolute atomic E-state index is 0.109. The van der Waals surface area contributed by atoms with Gasteiger partial charge in [-0.25, -0.2) is 0 Å². The van der Waals surface area contributed by atoms with Gasteiger partial charge in [-0.05, 0) is 37.2 Å². The van der Waals surface area contributed by atoms with Crippen molar-refractivity contribution in [2.24, 2.45) is 11.8 Å². The van der Waals surface area contributed by atoms with Gasteiger partial charge in [0.25, 0.3) is 0 Å². The van der Waals surface area contributed by atoms with Crippen LogP contribution in [0.25, 0.3) is 0 Å². The quantitative estimate of drug-likeness (QED) is 0.748. The third-order valence-corrected chi connectivity index (χ3v) is 7.05. The summed E-state index contributed by atoms with van der Waals surface area (Å²) in [6.45, 7) is 9.96. The van der Waals surface area contributed by atoms with Gasteiger partial charge in [0.05, 0.1) is 18.8 Å². The van der Waals surface area contributed by atoms with Crippen LogP contribution in [0.1, 0.15) is 52.5 Å². The molecule has 2 aliphatic rings. The summed E-state index contributed by atoms with van der Waals surface area (Å²) in [7, 11) is 0. The third-order valence-electron chi connectivity index (χ3n) is 5.41. The molecule has 1 aliphatic heterocycles. The van der Waals surface area contributed by atoms with E-state index in [-0.39, 0.29) is 16.3 Å². The van der Waals surface area contributed by atoms with Crippen LogP contribution in [0, 0.1) is 11.8 Å². The van der Waals surface area contributed by atoms with Crippen LogP contribution in [0.15, 0.2) is 30.3 Å². The average Bonchev–Trinajstić information content (AvgIpc) is 2.52. The molecule has 0 N–H and O–H groups in total. The molecule has 1 aromatic rings. The second-order valence-corrected chi connectivity index (χ2v) is 9.54. The number of hydrogen-bond acceptors (Lipinski definition) is 3. The molecule has 1 saturated heterocycles. The molecule has 0 amide bonds. The second kappa shape index (κ2) is 7.16. The highest BCUT2D eigenvalue weighted by molar-refractivity contribution is 8.01. The fraction of sp³-hybridized carbons (Fsp3) is 0.700. The van der Waals surface area contributed by atoms with Crippen molar-refractivity contribution >= 4 is 11.8 Å². The summed E-state index contributed by atoms with van der Waals surface area (Å²) in [5, 5.41) is 0. The van der Waals surface area contributed by atoms with E-state index < -0.39 is 0 Å². The molecule has 0 aromatic heterocycles. The first-order valence-electron chi connectivity index (χ1n) is 8.94. The van der Waals surface area contributed by atoms with Crippen molar-refractivity contribution in [1.82, 2.24) is 0 Å².